The van der Waals surface area contributed by atoms with Crippen LogP contribution in [0.1, 0.15) is 26.2 Å². The van der Waals surface area contributed by atoms with E-state index in [2.05, 4.69) is 5.32 Å². The number of nitro benzene ring substituents is 1. The van der Waals surface area contributed by atoms with E-state index < -0.39 is 27.0 Å². The lowest BCUT2D eigenvalue weighted by molar-refractivity contribution is -0.386. The zero-order chi connectivity index (χ0) is 23.3. The molecule has 1 saturated heterocycles. The molecule has 0 radical (unpaired) electrons. The quantitative estimate of drug-likeness (QED) is 0.470. The van der Waals surface area contributed by atoms with Crippen molar-refractivity contribution in [2.75, 3.05) is 25.5 Å². The number of carbonyl (C=O) groups is 1. The van der Waals surface area contributed by atoms with Crippen LogP contribution in [0.4, 0.5) is 11.4 Å². The lowest BCUT2D eigenvalue weighted by Gasteiger charge is -2.26. The van der Waals surface area contributed by atoms with Crippen LogP contribution < -0.4 is 14.8 Å². The summed E-state index contributed by atoms with van der Waals surface area (Å²) in [6, 6.07) is 10.0. The zero-order valence-corrected chi connectivity index (χ0v) is 18.6. The third kappa shape index (κ3) is 5.35. The summed E-state index contributed by atoms with van der Waals surface area (Å²) < 4.78 is 37.7. The van der Waals surface area contributed by atoms with Crippen molar-refractivity contribution in [3.05, 3.63) is 52.6 Å². The molecular weight excluding hydrogens is 438 g/mol. The van der Waals surface area contributed by atoms with E-state index in [9.17, 15) is 23.3 Å². The highest BCUT2D eigenvalue weighted by molar-refractivity contribution is 7.89. The molecule has 11 heteroatoms. The SMILES string of the molecule is COc1ccc(OC(C)C(=O)Nc2cccc(S(=O)(=O)N3CCCCC3)c2)c([N+](=O)[O-])c1. The van der Waals surface area contributed by atoms with E-state index in [4.69, 9.17) is 9.47 Å². The molecule has 2 aromatic carbocycles. The van der Waals surface area contributed by atoms with Gasteiger partial charge >= 0.3 is 5.69 Å². The summed E-state index contributed by atoms with van der Waals surface area (Å²) >= 11 is 0. The fourth-order valence-electron chi connectivity index (χ4n) is 3.34. The normalized spacial score (nSPS) is 15.6. The summed E-state index contributed by atoms with van der Waals surface area (Å²) in [5, 5.41) is 13.9. The maximum atomic E-state index is 12.9. The number of ether oxygens (including phenoxy) is 2. The van der Waals surface area contributed by atoms with Crippen LogP contribution in [0, 0.1) is 10.1 Å². The molecule has 1 N–H and O–H groups in total. The van der Waals surface area contributed by atoms with Crippen LogP contribution in [0.5, 0.6) is 11.5 Å². The van der Waals surface area contributed by atoms with Crippen LogP contribution in [0.2, 0.25) is 0 Å². The van der Waals surface area contributed by atoms with Gasteiger partial charge in [0.25, 0.3) is 5.91 Å². The van der Waals surface area contributed by atoms with E-state index in [0.717, 1.165) is 19.3 Å². The van der Waals surface area contributed by atoms with Gasteiger partial charge in [-0.05, 0) is 50.1 Å². The molecule has 1 aliphatic rings. The number of sulfonamides is 1. The van der Waals surface area contributed by atoms with Crippen molar-refractivity contribution in [2.45, 2.75) is 37.2 Å². The predicted molar refractivity (Wildman–Crippen MR) is 117 cm³/mol. The van der Waals surface area contributed by atoms with E-state index >= 15 is 0 Å². The van der Waals surface area contributed by atoms with Gasteiger partial charge in [-0.15, -0.1) is 0 Å². The molecule has 2 aromatic rings. The van der Waals surface area contributed by atoms with Crippen molar-refractivity contribution in [1.82, 2.24) is 4.31 Å². The number of rotatable bonds is 8. The topological polar surface area (TPSA) is 128 Å². The number of nitrogens with one attached hydrogen (secondary N) is 1. The third-order valence-electron chi connectivity index (χ3n) is 5.09. The number of methoxy groups -OCH3 is 1. The highest BCUT2D eigenvalue weighted by atomic mass is 32.2. The van der Waals surface area contributed by atoms with E-state index in [1.807, 2.05) is 0 Å². The summed E-state index contributed by atoms with van der Waals surface area (Å²) in [5.74, 6) is -0.379. The summed E-state index contributed by atoms with van der Waals surface area (Å²) in [5.41, 5.74) is -0.0496. The van der Waals surface area contributed by atoms with Gasteiger partial charge in [0.15, 0.2) is 11.9 Å². The minimum Gasteiger partial charge on any atom is -0.496 e. The average molecular weight is 464 g/mol. The Balaban J connectivity index is 1.72. The Bertz CT molecular complexity index is 1100. The first-order valence-electron chi connectivity index (χ1n) is 10.1. The fraction of sp³-hybridized carbons (Fsp3) is 0.381. The molecule has 1 amide bonds. The first-order chi connectivity index (χ1) is 15.2. The molecule has 1 heterocycles. The molecule has 0 aliphatic carbocycles. The van der Waals surface area contributed by atoms with Gasteiger partial charge in [0, 0.05) is 18.8 Å². The Hall–Kier alpha value is -3.18. The van der Waals surface area contributed by atoms with E-state index in [1.165, 1.54) is 48.7 Å². The maximum Gasteiger partial charge on any atom is 0.314 e. The number of piperidine rings is 1. The van der Waals surface area contributed by atoms with E-state index in [-0.39, 0.29) is 27.8 Å². The minimum absolute atomic E-state index is 0.0834. The van der Waals surface area contributed by atoms with Crippen molar-refractivity contribution in [2.24, 2.45) is 0 Å². The van der Waals surface area contributed by atoms with E-state index in [1.54, 1.807) is 12.1 Å². The smallest absolute Gasteiger partial charge is 0.314 e. The molecule has 32 heavy (non-hydrogen) atoms. The van der Waals surface area contributed by atoms with Crippen LogP contribution in [0.25, 0.3) is 0 Å². The Morgan fingerprint density at radius 2 is 1.88 bits per heavy atom. The summed E-state index contributed by atoms with van der Waals surface area (Å²) in [7, 11) is -2.26. The summed E-state index contributed by atoms with van der Waals surface area (Å²) in [4.78, 5) is 23.4. The number of hydrogen-bond acceptors (Lipinski definition) is 7. The Morgan fingerprint density at radius 1 is 1.16 bits per heavy atom. The highest BCUT2D eigenvalue weighted by Gasteiger charge is 2.27. The molecule has 0 bridgehead atoms. The predicted octanol–water partition coefficient (Wildman–Crippen LogP) is 3.18. The molecule has 172 valence electrons. The van der Waals surface area contributed by atoms with Crippen molar-refractivity contribution < 1.29 is 27.6 Å². The standard InChI is InChI=1S/C21H25N3O7S/c1-15(31-20-10-9-17(30-2)14-19(20)24(26)27)21(25)22-16-7-6-8-18(13-16)32(28,29)23-11-4-3-5-12-23/h6-10,13-15H,3-5,11-12H2,1-2H3,(H,22,25). The van der Waals surface area contributed by atoms with Gasteiger partial charge in [0.1, 0.15) is 5.75 Å². The Kier molecular flexibility index (Phi) is 7.31. The van der Waals surface area contributed by atoms with Crippen molar-refractivity contribution in [3.8, 4) is 11.5 Å². The van der Waals surface area contributed by atoms with E-state index in [0.29, 0.717) is 13.1 Å². The number of amides is 1. The molecule has 1 unspecified atom stereocenters. The molecular formula is C21H25N3O7S. The van der Waals surface area contributed by atoms with Crippen molar-refractivity contribution in [3.63, 3.8) is 0 Å². The average Bonchev–Trinajstić information content (AvgIpc) is 2.79. The second-order valence-electron chi connectivity index (χ2n) is 7.33. The van der Waals surface area contributed by atoms with Gasteiger partial charge in [0.05, 0.1) is 23.0 Å². The van der Waals surface area contributed by atoms with Crippen molar-refractivity contribution >= 4 is 27.3 Å². The molecule has 1 aliphatic heterocycles. The number of nitrogens with zero attached hydrogens (tertiary/aromatic N) is 2. The summed E-state index contributed by atoms with van der Waals surface area (Å²) in [6.07, 6.45) is 1.57. The zero-order valence-electron chi connectivity index (χ0n) is 17.8. The molecule has 0 aromatic heterocycles. The molecule has 0 saturated carbocycles. The third-order valence-corrected chi connectivity index (χ3v) is 6.98. The largest absolute Gasteiger partial charge is 0.496 e. The van der Waals surface area contributed by atoms with Gasteiger partial charge in [-0.1, -0.05) is 12.5 Å². The molecule has 1 fully saturated rings. The molecule has 10 nitrogen and oxygen atoms in total. The molecule has 0 spiro atoms. The van der Waals surface area contributed by atoms with Crippen LogP contribution in [0.3, 0.4) is 0 Å². The van der Waals surface area contributed by atoms with Gasteiger partial charge in [-0.3, -0.25) is 14.9 Å². The molecule has 3 rings (SSSR count). The van der Waals surface area contributed by atoms with Crippen LogP contribution in [0.15, 0.2) is 47.4 Å². The minimum atomic E-state index is -3.65. The number of nitro groups is 1. The van der Waals surface area contributed by atoms with Crippen LogP contribution in [-0.4, -0.2) is 49.9 Å². The monoisotopic (exact) mass is 463 g/mol. The van der Waals surface area contributed by atoms with Gasteiger partial charge < -0.3 is 14.8 Å². The maximum absolute atomic E-state index is 12.9. The molecule has 1 atom stereocenters. The number of hydrogen-bond donors (Lipinski definition) is 1. The first kappa shape index (κ1) is 23.5. The lowest BCUT2D eigenvalue weighted by atomic mass is 10.2. The Morgan fingerprint density at radius 3 is 2.53 bits per heavy atom. The lowest BCUT2D eigenvalue weighted by Crippen LogP contribution is -2.35. The van der Waals surface area contributed by atoms with Gasteiger partial charge in [-0.25, -0.2) is 8.42 Å². The first-order valence-corrected chi connectivity index (χ1v) is 11.6. The van der Waals surface area contributed by atoms with Crippen LogP contribution in [-0.2, 0) is 14.8 Å². The number of anilines is 1. The fourth-order valence-corrected chi connectivity index (χ4v) is 4.91. The van der Waals surface area contributed by atoms with Gasteiger partial charge in [-0.2, -0.15) is 4.31 Å². The second-order valence-corrected chi connectivity index (χ2v) is 9.27. The van der Waals surface area contributed by atoms with Gasteiger partial charge in [0.2, 0.25) is 10.0 Å². The van der Waals surface area contributed by atoms with Crippen molar-refractivity contribution in [1.29, 1.82) is 0 Å². The summed E-state index contributed by atoms with van der Waals surface area (Å²) in [6.45, 7) is 2.40. The number of carbonyl (C=O) groups excluding carboxylic acids is 1. The number of benzene rings is 2. The highest BCUT2D eigenvalue weighted by Crippen LogP contribution is 2.32. The Labute approximate surface area is 186 Å². The second kappa shape index (κ2) is 9.96. The van der Waals surface area contributed by atoms with Crippen LogP contribution >= 0.6 is 0 Å².